The van der Waals surface area contributed by atoms with Crippen LogP contribution in [-0.4, -0.2) is 33.9 Å². The van der Waals surface area contributed by atoms with Crippen molar-refractivity contribution in [3.63, 3.8) is 0 Å². The maximum absolute atomic E-state index is 14.3. The number of nitrogens with one attached hydrogen (secondary N) is 3. The van der Waals surface area contributed by atoms with Gasteiger partial charge in [-0.05, 0) is 49.1 Å². The van der Waals surface area contributed by atoms with Crippen molar-refractivity contribution in [3.05, 3.63) is 65.5 Å². The van der Waals surface area contributed by atoms with Gasteiger partial charge in [0.1, 0.15) is 5.82 Å². The first-order valence-electron chi connectivity index (χ1n) is 11.6. The summed E-state index contributed by atoms with van der Waals surface area (Å²) in [6, 6.07) is 11.0. The zero-order valence-electron chi connectivity index (χ0n) is 19.6. The molecular weight excluding hydrogens is 476 g/mol. The van der Waals surface area contributed by atoms with E-state index >= 15 is 0 Å². The van der Waals surface area contributed by atoms with Crippen LogP contribution in [0, 0.1) is 11.7 Å². The summed E-state index contributed by atoms with van der Waals surface area (Å²) < 4.78 is 53.1. The molecule has 0 bridgehead atoms. The first kappa shape index (κ1) is 25.3. The second kappa shape index (κ2) is 10.9. The van der Waals surface area contributed by atoms with E-state index in [4.69, 9.17) is 0 Å². The number of hydrogen-bond donors (Lipinski definition) is 3. The normalized spacial score (nSPS) is 17.9. The summed E-state index contributed by atoms with van der Waals surface area (Å²) >= 11 is 0. The first-order chi connectivity index (χ1) is 17.2. The molecule has 1 amide bonds. The molecule has 1 fully saturated rings. The second-order valence-corrected chi connectivity index (χ2v) is 8.66. The minimum atomic E-state index is -4.43. The van der Waals surface area contributed by atoms with Gasteiger partial charge < -0.3 is 16.0 Å². The molecule has 3 aromatic rings. The molecule has 1 heterocycles. The molecule has 36 heavy (non-hydrogen) atoms. The van der Waals surface area contributed by atoms with E-state index < -0.39 is 17.6 Å². The van der Waals surface area contributed by atoms with Crippen LogP contribution in [-0.2, 0) is 17.5 Å². The Balaban J connectivity index is 1.40. The number of rotatable bonds is 7. The van der Waals surface area contributed by atoms with Gasteiger partial charge in [-0.1, -0.05) is 30.7 Å². The molecular formula is C25H26F4N6O. The van der Waals surface area contributed by atoms with Crippen LogP contribution >= 0.6 is 0 Å². The summed E-state index contributed by atoms with van der Waals surface area (Å²) in [5, 5.41) is 8.85. The van der Waals surface area contributed by atoms with E-state index in [1.807, 2.05) is 0 Å². The quantitative estimate of drug-likeness (QED) is 0.393. The van der Waals surface area contributed by atoms with Crippen LogP contribution in [0.15, 0.2) is 48.5 Å². The Morgan fingerprint density at radius 1 is 1.03 bits per heavy atom. The Morgan fingerprint density at radius 3 is 2.56 bits per heavy atom. The molecule has 1 aromatic heterocycles. The van der Waals surface area contributed by atoms with Gasteiger partial charge in [-0.15, -0.1) is 0 Å². The highest BCUT2D eigenvalue weighted by molar-refractivity contribution is 5.78. The van der Waals surface area contributed by atoms with Crippen LogP contribution in [0.25, 0.3) is 11.4 Å². The van der Waals surface area contributed by atoms with Crippen molar-refractivity contribution >= 4 is 17.8 Å². The molecule has 1 saturated carbocycles. The monoisotopic (exact) mass is 502 g/mol. The number of alkyl halides is 3. The van der Waals surface area contributed by atoms with E-state index in [1.165, 1.54) is 12.1 Å². The van der Waals surface area contributed by atoms with Crippen molar-refractivity contribution in [3.8, 4) is 11.4 Å². The summed E-state index contributed by atoms with van der Waals surface area (Å²) in [5.74, 6) is -0.246. The Bertz CT molecular complexity index is 1220. The summed E-state index contributed by atoms with van der Waals surface area (Å²) in [4.78, 5) is 25.7. The van der Waals surface area contributed by atoms with Crippen LogP contribution in [0.3, 0.4) is 0 Å². The van der Waals surface area contributed by atoms with Crippen molar-refractivity contribution in [1.29, 1.82) is 0 Å². The second-order valence-electron chi connectivity index (χ2n) is 8.66. The van der Waals surface area contributed by atoms with Crippen molar-refractivity contribution in [1.82, 2.24) is 20.3 Å². The van der Waals surface area contributed by atoms with Crippen LogP contribution in [0.5, 0.6) is 0 Å². The zero-order valence-corrected chi connectivity index (χ0v) is 19.6. The van der Waals surface area contributed by atoms with E-state index in [9.17, 15) is 22.4 Å². The van der Waals surface area contributed by atoms with Crippen LogP contribution in [0.4, 0.5) is 29.5 Å². The van der Waals surface area contributed by atoms with E-state index in [1.54, 1.807) is 31.3 Å². The molecule has 3 N–H and O–H groups in total. The lowest BCUT2D eigenvalue weighted by Gasteiger charge is -2.29. The average molecular weight is 503 g/mol. The van der Waals surface area contributed by atoms with Crippen molar-refractivity contribution in [2.45, 2.75) is 44.4 Å². The van der Waals surface area contributed by atoms with Gasteiger partial charge in [0.25, 0.3) is 0 Å². The van der Waals surface area contributed by atoms with Gasteiger partial charge in [0.15, 0.2) is 5.82 Å². The fourth-order valence-corrected chi connectivity index (χ4v) is 4.25. The van der Waals surface area contributed by atoms with Crippen LogP contribution in [0.1, 0.15) is 36.8 Å². The number of nitrogens with zero attached hydrogens (tertiary/aromatic N) is 3. The minimum Gasteiger partial charge on any atom is -0.357 e. The third-order valence-electron chi connectivity index (χ3n) is 6.07. The summed E-state index contributed by atoms with van der Waals surface area (Å²) in [6.45, 7) is 0.0162. The van der Waals surface area contributed by atoms with E-state index in [0.29, 0.717) is 18.4 Å². The molecule has 0 unspecified atom stereocenters. The maximum Gasteiger partial charge on any atom is 0.416 e. The predicted octanol–water partition coefficient (Wildman–Crippen LogP) is 5.03. The predicted molar refractivity (Wildman–Crippen MR) is 127 cm³/mol. The standard InChI is InChI=1S/C25H26F4N6O/c1-30-23-33-21(19-10-2-3-11-20(19)26)34-24(35-23)32-18-9-5-7-16(13-18)22(36)31-14-15-6-4-8-17(12-15)25(27,28)29/h2-4,6,8,10-12,16,18H,5,7,9,13-14H2,1H3,(H,31,36)(H2,30,32,33,34,35)/t16-,18+/m0/s1. The Labute approximate surface area is 205 Å². The van der Waals surface area contributed by atoms with E-state index in [0.717, 1.165) is 25.0 Å². The summed E-state index contributed by atoms with van der Waals surface area (Å²) in [6.07, 6.45) is -1.69. The summed E-state index contributed by atoms with van der Waals surface area (Å²) in [7, 11) is 1.65. The third-order valence-corrected chi connectivity index (χ3v) is 6.07. The van der Waals surface area contributed by atoms with E-state index in [2.05, 4.69) is 30.9 Å². The smallest absolute Gasteiger partial charge is 0.357 e. The van der Waals surface area contributed by atoms with Crippen molar-refractivity contribution in [2.24, 2.45) is 5.92 Å². The largest absolute Gasteiger partial charge is 0.416 e. The Kier molecular flexibility index (Phi) is 7.66. The van der Waals surface area contributed by atoms with Crippen LogP contribution in [0.2, 0.25) is 0 Å². The molecule has 0 spiro atoms. The third kappa shape index (κ3) is 6.27. The topological polar surface area (TPSA) is 91.8 Å². The highest BCUT2D eigenvalue weighted by Gasteiger charge is 2.31. The van der Waals surface area contributed by atoms with Crippen molar-refractivity contribution in [2.75, 3.05) is 17.7 Å². The van der Waals surface area contributed by atoms with Gasteiger partial charge in [-0.3, -0.25) is 4.79 Å². The fraction of sp³-hybridized carbons (Fsp3) is 0.360. The SMILES string of the molecule is CNc1nc(N[C@@H]2CCC[C@H](C(=O)NCc3cccc(C(F)(F)F)c3)C2)nc(-c2ccccc2F)n1. The molecule has 0 saturated heterocycles. The molecule has 1 aliphatic rings. The lowest BCUT2D eigenvalue weighted by atomic mass is 9.85. The maximum atomic E-state index is 14.3. The number of hydrogen-bond acceptors (Lipinski definition) is 6. The number of carbonyl (C=O) groups is 1. The van der Waals surface area contributed by atoms with Gasteiger partial charge in [0, 0.05) is 25.6 Å². The molecule has 2 atom stereocenters. The molecule has 2 aromatic carbocycles. The number of amides is 1. The molecule has 190 valence electrons. The summed E-state index contributed by atoms with van der Waals surface area (Å²) in [5.41, 5.74) is -0.117. The highest BCUT2D eigenvalue weighted by atomic mass is 19.4. The molecule has 0 radical (unpaired) electrons. The van der Waals surface area contributed by atoms with Gasteiger partial charge in [0.05, 0.1) is 11.1 Å². The molecule has 7 nitrogen and oxygen atoms in total. The van der Waals surface area contributed by atoms with Gasteiger partial charge in [0.2, 0.25) is 17.8 Å². The Hall–Kier alpha value is -3.76. The lowest BCUT2D eigenvalue weighted by molar-refractivity contribution is -0.137. The number of halogens is 4. The minimum absolute atomic E-state index is 0.0162. The molecule has 4 rings (SSSR count). The fourth-order valence-electron chi connectivity index (χ4n) is 4.25. The van der Waals surface area contributed by atoms with Gasteiger partial charge in [-0.2, -0.15) is 28.1 Å². The number of aromatic nitrogens is 3. The zero-order chi connectivity index (χ0) is 25.7. The molecule has 1 aliphatic carbocycles. The molecule has 11 heteroatoms. The Morgan fingerprint density at radius 2 is 1.81 bits per heavy atom. The molecule has 0 aliphatic heterocycles. The van der Waals surface area contributed by atoms with Crippen molar-refractivity contribution < 1.29 is 22.4 Å². The lowest BCUT2D eigenvalue weighted by Crippen LogP contribution is -2.37. The number of anilines is 2. The van der Waals surface area contributed by atoms with E-state index in [-0.39, 0.29) is 47.7 Å². The first-order valence-corrected chi connectivity index (χ1v) is 11.6. The van der Waals surface area contributed by atoms with Gasteiger partial charge >= 0.3 is 6.18 Å². The average Bonchev–Trinajstić information content (AvgIpc) is 2.87. The highest BCUT2D eigenvalue weighted by Crippen LogP contribution is 2.30. The number of benzene rings is 2. The number of carbonyl (C=O) groups excluding carboxylic acids is 1. The van der Waals surface area contributed by atoms with Crippen LogP contribution < -0.4 is 16.0 Å². The van der Waals surface area contributed by atoms with Gasteiger partial charge in [-0.25, -0.2) is 4.39 Å².